The molecule has 2 aromatic rings. The van der Waals surface area contributed by atoms with Gasteiger partial charge in [-0.3, -0.25) is 9.59 Å². The Kier molecular flexibility index (Phi) is 5.82. The molecule has 5 nitrogen and oxygen atoms in total. The van der Waals surface area contributed by atoms with E-state index in [0.717, 1.165) is 30.8 Å². The summed E-state index contributed by atoms with van der Waals surface area (Å²) in [5.41, 5.74) is 5.06. The van der Waals surface area contributed by atoms with Crippen LogP contribution in [0.25, 0.3) is 0 Å². The molecule has 0 saturated heterocycles. The number of carbonyl (C=O) groups is 2. The van der Waals surface area contributed by atoms with Crippen molar-refractivity contribution in [2.45, 2.75) is 33.0 Å². The van der Waals surface area contributed by atoms with Gasteiger partial charge in [-0.15, -0.1) is 12.4 Å². The van der Waals surface area contributed by atoms with Gasteiger partial charge in [-0.25, -0.2) is 0 Å². The molecule has 2 atom stereocenters. The third kappa shape index (κ3) is 4.49. The van der Waals surface area contributed by atoms with Gasteiger partial charge >= 0.3 is 0 Å². The summed E-state index contributed by atoms with van der Waals surface area (Å²) in [6.07, 6.45) is 0.963. The number of benzene rings is 2. The van der Waals surface area contributed by atoms with E-state index in [4.69, 9.17) is 0 Å². The molecule has 1 aliphatic carbocycles. The van der Waals surface area contributed by atoms with Crippen LogP contribution in [0.2, 0.25) is 0 Å². The number of anilines is 1. The Bertz CT molecular complexity index is 851. The summed E-state index contributed by atoms with van der Waals surface area (Å²) in [7, 11) is 0. The topological polar surface area (TPSA) is 70.2 Å². The highest BCUT2D eigenvalue weighted by atomic mass is 35.5. The van der Waals surface area contributed by atoms with Crippen molar-refractivity contribution in [3.05, 3.63) is 64.7 Å². The van der Waals surface area contributed by atoms with Crippen molar-refractivity contribution in [1.82, 2.24) is 10.6 Å². The molecule has 0 aromatic heterocycles. The van der Waals surface area contributed by atoms with E-state index in [-0.39, 0.29) is 30.1 Å². The van der Waals surface area contributed by atoms with Gasteiger partial charge < -0.3 is 16.0 Å². The minimum Gasteiger partial charge on any atom is -0.348 e. The first kappa shape index (κ1) is 19.4. The van der Waals surface area contributed by atoms with Crippen LogP contribution in [0.5, 0.6) is 0 Å². The van der Waals surface area contributed by atoms with Crippen LogP contribution in [-0.2, 0) is 24.4 Å². The number of nitrogens with one attached hydrogen (secondary N) is 3. The molecular formula is C21H24ClN3O2. The van der Waals surface area contributed by atoms with Crippen molar-refractivity contribution < 1.29 is 9.59 Å². The Hall–Kier alpha value is -2.37. The normalized spacial score (nSPS) is 19.6. The Morgan fingerprint density at radius 1 is 1.07 bits per heavy atom. The van der Waals surface area contributed by atoms with E-state index in [2.05, 4.69) is 41.1 Å². The second-order valence-corrected chi connectivity index (χ2v) is 7.28. The number of rotatable bonds is 5. The van der Waals surface area contributed by atoms with E-state index in [0.29, 0.717) is 18.0 Å². The highest BCUT2D eigenvalue weighted by Crippen LogP contribution is 2.38. The maximum Gasteiger partial charge on any atom is 0.251 e. The van der Waals surface area contributed by atoms with Gasteiger partial charge in [-0.05, 0) is 53.3 Å². The van der Waals surface area contributed by atoms with Crippen molar-refractivity contribution in [3.63, 3.8) is 0 Å². The fraction of sp³-hybridized carbons (Fsp3) is 0.333. The van der Waals surface area contributed by atoms with Gasteiger partial charge in [0.05, 0.1) is 0 Å². The number of hydrogen-bond donors (Lipinski definition) is 3. The van der Waals surface area contributed by atoms with Crippen molar-refractivity contribution in [3.8, 4) is 0 Å². The van der Waals surface area contributed by atoms with E-state index in [1.165, 1.54) is 11.1 Å². The average molecular weight is 386 g/mol. The molecule has 0 spiro atoms. The summed E-state index contributed by atoms with van der Waals surface area (Å²) in [6.45, 7) is 4.40. The minimum atomic E-state index is -0.114. The fourth-order valence-electron chi connectivity index (χ4n) is 3.37. The first-order chi connectivity index (χ1) is 12.6. The third-order valence-corrected chi connectivity index (χ3v) is 5.22. The molecule has 3 N–H and O–H groups in total. The van der Waals surface area contributed by atoms with Gasteiger partial charge in [-0.2, -0.15) is 0 Å². The molecule has 2 aromatic carbocycles. The molecule has 6 heteroatoms. The van der Waals surface area contributed by atoms with E-state index < -0.39 is 0 Å². The molecule has 1 saturated carbocycles. The first-order valence-corrected chi connectivity index (χ1v) is 9.10. The van der Waals surface area contributed by atoms with Crippen LogP contribution in [0.1, 0.15) is 40.4 Å². The lowest BCUT2D eigenvalue weighted by molar-refractivity contribution is -0.117. The van der Waals surface area contributed by atoms with Crippen LogP contribution >= 0.6 is 12.4 Å². The van der Waals surface area contributed by atoms with Crippen molar-refractivity contribution in [1.29, 1.82) is 0 Å². The largest absolute Gasteiger partial charge is 0.348 e. The summed E-state index contributed by atoms with van der Waals surface area (Å²) in [4.78, 5) is 24.3. The summed E-state index contributed by atoms with van der Waals surface area (Å²) in [5.74, 6) is 0.577. The molecule has 1 heterocycles. The first-order valence-electron chi connectivity index (χ1n) is 9.10. The van der Waals surface area contributed by atoms with E-state index in [9.17, 15) is 9.59 Å². The van der Waals surface area contributed by atoms with Crippen LogP contribution < -0.4 is 16.0 Å². The van der Waals surface area contributed by atoms with E-state index in [1.807, 2.05) is 0 Å². The fourth-order valence-corrected chi connectivity index (χ4v) is 3.37. The molecule has 1 aliphatic heterocycles. The van der Waals surface area contributed by atoms with Gasteiger partial charge in [0, 0.05) is 36.8 Å². The molecule has 142 valence electrons. The van der Waals surface area contributed by atoms with Crippen LogP contribution in [0.3, 0.4) is 0 Å². The summed E-state index contributed by atoms with van der Waals surface area (Å²) in [6, 6.07) is 13.4. The number of fused-ring (bicyclic) bond motifs is 1. The van der Waals surface area contributed by atoms with Gasteiger partial charge in [0.1, 0.15) is 0 Å². The molecule has 2 unspecified atom stereocenters. The minimum absolute atomic E-state index is 0. The second-order valence-electron chi connectivity index (χ2n) is 7.28. The quantitative estimate of drug-likeness (QED) is 0.740. The van der Waals surface area contributed by atoms with E-state index in [1.54, 1.807) is 24.3 Å². The molecular weight excluding hydrogens is 362 g/mol. The Morgan fingerprint density at radius 2 is 1.78 bits per heavy atom. The maximum atomic E-state index is 12.3. The molecule has 2 aliphatic rings. The molecule has 1 fully saturated rings. The molecule has 27 heavy (non-hydrogen) atoms. The summed E-state index contributed by atoms with van der Waals surface area (Å²) < 4.78 is 0. The smallest absolute Gasteiger partial charge is 0.251 e. The second kappa shape index (κ2) is 8.11. The Balaban J connectivity index is 0.00000210. The van der Waals surface area contributed by atoms with Crippen LogP contribution in [0.4, 0.5) is 5.69 Å². The Labute approximate surface area is 165 Å². The van der Waals surface area contributed by atoms with E-state index >= 15 is 0 Å². The Morgan fingerprint density at radius 3 is 2.48 bits per heavy atom. The molecule has 0 bridgehead atoms. The molecule has 2 amide bonds. The highest BCUT2D eigenvalue weighted by Gasteiger charge is 2.39. The third-order valence-electron chi connectivity index (χ3n) is 5.22. The SMILES string of the molecule is CC1CC1C(=O)Nc1ccc(C(=O)NCc2ccc3c(c2)CNC3)cc1.Cl. The zero-order valence-electron chi connectivity index (χ0n) is 15.2. The highest BCUT2D eigenvalue weighted by molar-refractivity contribution is 5.96. The number of amides is 2. The zero-order chi connectivity index (χ0) is 18.1. The zero-order valence-corrected chi connectivity index (χ0v) is 16.1. The predicted octanol–water partition coefficient (Wildman–Crippen LogP) is 3.24. The van der Waals surface area contributed by atoms with Crippen molar-refractivity contribution in [2.75, 3.05) is 5.32 Å². The number of hydrogen-bond acceptors (Lipinski definition) is 3. The van der Waals surface area contributed by atoms with Crippen LogP contribution in [0.15, 0.2) is 42.5 Å². The number of halogens is 1. The monoisotopic (exact) mass is 385 g/mol. The average Bonchev–Trinajstić information content (AvgIpc) is 3.20. The van der Waals surface area contributed by atoms with Crippen molar-refractivity contribution in [2.24, 2.45) is 11.8 Å². The lowest BCUT2D eigenvalue weighted by Crippen LogP contribution is -2.23. The summed E-state index contributed by atoms with van der Waals surface area (Å²) >= 11 is 0. The lowest BCUT2D eigenvalue weighted by atomic mass is 10.1. The molecule has 0 radical (unpaired) electrons. The summed E-state index contributed by atoms with van der Waals surface area (Å²) in [5, 5.41) is 9.18. The van der Waals surface area contributed by atoms with Gasteiger partial charge in [-0.1, -0.05) is 25.1 Å². The standard InChI is InChI=1S/C21H23N3O2.ClH/c1-13-8-19(13)21(26)24-18-6-4-15(5-7-18)20(25)23-10-14-2-3-16-11-22-12-17(16)9-14;/h2-7,9,13,19,22H,8,10-12H2,1H3,(H,23,25)(H,24,26);1H. The van der Waals surface area contributed by atoms with Gasteiger partial charge in [0.15, 0.2) is 0 Å². The number of carbonyl (C=O) groups excluding carboxylic acids is 2. The maximum absolute atomic E-state index is 12.3. The lowest BCUT2D eigenvalue weighted by Gasteiger charge is -2.08. The van der Waals surface area contributed by atoms with Crippen molar-refractivity contribution >= 4 is 29.9 Å². The van der Waals surface area contributed by atoms with Gasteiger partial charge in [0.25, 0.3) is 5.91 Å². The van der Waals surface area contributed by atoms with Crippen LogP contribution in [-0.4, -0.2) is 11.8 Å². The van der Waals surface area contributed by atoms with Crippen LogP contribution in [0, 0.1) is 11.8 Å². The predicted molar refractivity (Wildman–Crippen MR) is 108 cm³/mol. The van der Waals surface area contributed by atoms with Gasteiger partial charge in [0.2, 0.25) is 5.91 Å². The molecule has 4 rings (SSSR count).